The van der Waals surface area contributed by atoms with E-state index >= 15 is 9.59 Å². The van der Waals surface area contributed by atoms with Crippen molar-refractivity contribution in [1.82, 2.24) is 15.2 Å². The predicted octanol–water partition coefficient (Wildman–Crippen LogP) is 12.6. The van der Waals surface area contributed by atoms with E-state index in [4.69, 9.17) is 59.3 Å². The van der Waals surface area contributed by atoms with E-state index in [9.17, 15) is 9.59 Å². The topological polar surface area (TPSA) is 204 Å². The maximum atomic E-state index is 15.6. The van der Waals surface area contributed by atoms with Crippen LogP contribution >= 0.6 is 34.7 Å². The maximum Gasteiger partial charge on any atom is 0.356 e. The molecule has 11 rings (SSSR count). The van der Waals surface area contributed by atoms with E-state index < -0.39 is 64.7 Å². The Morgan fingerprint density at radius 1 is 0.611 bits per heavy atom. The smallest absolute Gasteiger partial charge is 0.356 e. The second kappa shape index (κ2) is 33.0. The molecule has 2 N–H and O–H groups in total. The molecule has 486 valence electrons. The van der Waals surface area contributed by atoms with Gasteiger partial charge < -0.3 is 53.4 Å². The monoisotopic (exact) mass is 1330 g/mol. The molecule has 3 heterocycles. The summed E-state index contributed by atoms with van der Waals surface area (Å²) in [5.41, 5.74) is 4.56. The van der Waals surface area contributed by atoms with Gasteiger partial charge in [0.2, 0.25) is 6.10 Å². The highest BCUT2D eigenvalue weighted by atomic mass is 35.5. The van der Waals surface area contributed by atoms with Gasteiger partial charge in [-0.1, -0.05) is 224 Å². The Morgan fingerprint density at radius 2 is 1.08 bits per heavy atom. The van der Waals surface area contributed by atoms with Gasteiger partial charge in [0.25, 0.3) is 11.8 Å². The third-order valence-electron chi connectivity index (χ3n) is 15.6. The van der Waals surface area contributed by atoms with Crippen molar-refractivity contribution in [3.63, 3.8) is 0 Å². The molecule has 8 aromatic carbocycles. The van der Waals surface area contributed by atoms with Gasteiger partial charge in [0.15, 0.2) is 48.1 Å². The molecule has 18 nitrogen and oxygen atoms in total. The van der Waals surface area contributed by atoms with E-state index in [2.05, 4.69) is 15.8 Å². The number of halogens is 1. The minimum absolute atomic E-state index is 0.00660. The molecule has 3 atom stereocenters. The molecule has 2 amide bonds. The van der Waals surface area contributed by atoms with Crippen LogP contribution in [0.25, 0.3) is 0 Å². The average Bonchev–Trinajstić information content (AvgIpc) is 1.42. The largest absolute Gasteiger partial charge is 0.464 e. The summed E-state index contributed by atoms with van der Waals surface area (Å²) in [5, 5.41) is 12.5. The molecule has 1 saturated heterocycles. The number of benzene rings is 8. The first kappa shape index (κ1) is 66.8. The number of anilines is 1. The van der Waals surface area contributed by atoms with Gasteiger partial charge in [0, 0.05) is 36.8 Å². The van der Waals surface area contributed by atoms with Gasteiger partial charge in [-0.2, -0.15) is 0 Å². The number of aromatic nitrogens is 1. The molecule has 1 aromatic heterocycles. The number of β-lactam (4-membered cyclic amide) rings is 1. The highest BCUT2D eigenvalue weighted by molar-refractivity contribution is 8.00. The molecule has 21 heteroatoms. The van der Waals surface area contributed by atoms with Crippen LogP contribution in [-0.2, 0) is 58.0 Å². The number of esters is 2. The summed E-state index contributed by atoms with van der Waals surface area (Å²) in [6, 6.07) is 70.2. The Kier molecular flexibility index (Phi) is 23.2. The summed E-state index contributed by atoms with van der Waals surface area (Å²) >= 11 is 9.08. The predicted molar refractivity (Wildman–Crippen MR) is 363 cm³/mol. The fourth-order valence-corrected chi connectivity index (χ4v) is 13.4. The molecule has 1 fully saturated rings. The number of hydrogen-bond donors (Lipinski definition) is 2. The number of carbonyl (C=O) groups is 4. The molecule has 0 saturated carbocycles. The number of oxime groups is 1. The van der Waals surface area contributed by atoms with E-state index in [0.29, 0.717) is 46.2 Å². The average molecular weight is 1330 g/mol. The number of thiazole rings is 1. The molecule has 2 aliphatic heterocycles. The number of hydrogen-bond acceptors (Lipinski definition) is 18. The van der Waals surface area contributed by atoms with Gasteiger partial charge >= 0.3 is 11.9 Å². The third-order valence-corrected chi connectivity index (χ3v) is 18.0. The van der Waals surface area contributed by atoms with E-state index in [1.54, 1.807) is 31.7 Å². The molecular formula is C74H68ClN5O13S2. The summed E-state index contributed by atoms with van der Waals surface area (Å²) in [4.78, 5) is 73.4. The van der Waals surface area contributed by atoms with Crippen LogP contribution < -0.4 is 20.1 Å². The fourth-order valence-electron chi connectivity index (χ4n) is 11.0. The van der Waals surface area contributed by atoms with E-state index in [-0.39, 0.29) is 66.9 Å². The minimum Gasteiger partial charge on any atom is -0.464 e. The van der Waals surface area contributed by atoms with Gasteiger partial charge in [0.1, 0.15) is 28.3 Å². The number of rotatable bonds is 32. The first-order valence-electron chi connectivity index (χ1n) is 30.5. The van der Waals surface area contributed by atoms with Gasteiger partial charge in [0.05, 0.1) is 26.4 Å². The number of alkyl halides is 1. The molecule has 0 aliphatic carbocycles. The van der Waals surface area contributed by atoms with Crippen molar-refractivity contribution in [1.29, 1.82) is 0 Å². The van der Waals surface area contributed by atoms with Crippen LogP contribution in [0.15, 0.2) is 252 Å². The van der Waals surface area contributed by atoms with Crippen LogP contribution in [0.3, 0.4) is 0 Å². The summed E-state index contributed by atoms with van der Waals surface area (Å²) < 4.78 is 46.7. The fraction of sp³-hybridized carbons (Fsp3) is 0.216. The lowest BCUT2D eigenvalue weighted by Gasteiger charge is -2.49. The van der Waals surface area contributed by atoms with Crippen molar-refractivity contribution in [3.8, 4) is 11.5 Å². The van der Waals surface area contributed by atoms with E-state index in [1.165, 1.54) is 34.1 Å². The quantitative estimate of drug-likeness (QED) is 0.00588. The Balaban J connectivity index is 0.985. The van der Waals surface area contributed by atoms with Crippen LogP contribution in [-0.4, -0.2) is 117 Å². The second-order valence-corrected chi connectivity index (χ2v) is 23.9. The van der Waals surface area contributed by atoms with Gasteiger partial charge in [-0.3, -0.25) is 14.5 Å². The number of methoxy groups -OCH3 is 2. The van der Waals surface area contributed by atoms with Crippen molar-refractivity contribution in [2.45, 2.75) is 35.3 Å². The Bertz CT molecular complexity index is 3870. The number of ether oxygens (including phenoxy) is 8. The Morgan fingerprint density at radius 3 is 1.57 bits per heavy atom. The number of nitrogens with zero attached hydrogens (tertiary/aromatic N) is 3. The van der Waals surface area contributed by atoms with Crippen molar-refractivity contribution in [2.75, 3.05) is 71.2 Å². The standard InChI is InChI=1S/C74H68ClN5O13S2/c1-85-40-42-87-48-89-60-39-38-54(44-61(60)90-49-88-43-41-86-2)67(72(84)92-66(52-28-14-5-15-29-52)53-30-16-6-17-31-53)93-79-62(59-47-95-73(76-59)78-74(56-32-18-7-19-33-56,57-34-20-8-21-35-57)58-36-22-9-23-37-58)68(81)77-63-69(82)80-64(55(45-75)46-94-70(63)80)71(83)91-65(50-24-10-3-11-25-50)51-26-12-4-13-27-51/h3-39,44,47,63,65-67,70H,40-43,45-46,48-49H2,1-2H3,(H,76,78)(H,77,81)/t63?,67?,70-/m1/s1. The molecule has 0 bridgehead atoms. The SMILES string of the molecule is COCCOCOc1ccc(C(ON=C(C(=O)NC2C(=O)N3C(C(=O)OC(c4ccccc4)c4ccccc4)=C(CCl)CS[C@H]23)c2csc(NC(c3ccccc3)(c3ccccc3)c3ccccc3)n2)C(=O)OC(c2ccccc2)c2ccccc2)cc1OCOCCOC. The zero-order valence-corrected chi connectivity index (χ0v) is 54.3. The Hall–Kier alpha value is -9.64. The number of carbonyl (C=O) groups excluding carboxylic acids is 4. The minimum atomic E-state index is -1.74. The molecule has 0 radical (unpaired) electrons. The first-order chi connectivity index (χ1) is 46.7. The molecule has 9 aromatic rings. The highest BCUT2D eigenvalue weighted by Gasteiger charge is 2.55. The van der Waals surface area contributed by atoms with Crippen molar-refractivity contribution in [2.24, 2.45) is 5.16 Å². The van der Waals surface area contributed by atoms with Crippen LogP contribution in [0.4, 0.5) is 5.13 Å². The van der Waals surface area contributed by atoms with E-state index in [0.717, 1.165) is 16.7 Å². The lowest BCUT2D eigenvalue weighted by atomic mass is 9.77. The molecule has 2 unspecified atom stereocenters. The van der Waals surface area contributed by atoms with E-state index in [1.807, 2.05) is 212 Å². The number of amides is 2. The summed E-state index contributed by atoms with van der Waals surface area (Å²) in [6.45, 7) is 0.638. The van der Waals surface area contributed by atoms with Crippen molar-refractivity contribution in [3.05, 3.63) is 297 Å². The van der Waals surface area contributed by atoms with Crippen molar-refractivity contribution >= 4 is 69.3 Å². The summed E-state index contributed by atoms with van der Waals surface area (Å²) in [6.07, 6.45) is -3.53. The number of fused-ring (bicyclic) bond motifs is 1. The van der Waals surface area contributed by atoms with Gasteiger partial charge in [-0.05, 0) is 56.6 Å². The molecule has 2 aliphatic rings. The Labute approximate surface area is 563 Å². The zero-order chi connectivity index (χ0) is 65.8. The second-order valence-electron chi connectivity index (χ2n) is 21.7. The first-order valence-corrected chi connectivity index (χ1v) is 33.0. The van der Waals surface area contributed by atoms with Gasteiger partial charge in [-0.25, -0.2) is 14.6 Å². The highest BCUT2D eigenvalue weighted by Crippen LogP contribution is 2.44. The van der Waals surface area contributed by atoms with Crippen LogP contribution in [0.1, 0.15) is 68.5 Å². The molecule has 95 heavy (non-hydrogen) atoms. The normalized spacial score (nSPS) is 14.9. The summed E-state index contributed by atoms with van der Waals surface area (Å²) in [5.74, 6) is -2.69. The van der Waals surface area contributed by atoms with Crippen LogP contribution in [0.2, 0.25) is 0 Å². The lowest BCUT2D eigenvalue weighted by Crippen LogP contribution is -2.71. The maximum absolute atomic E-state index is 15.6. The van der Waals surface area contributed by atoms with Gasteiger partial charge in [-0.15, -0.1) is 34.7 Å². The lowest BCUT2D eigenvalue weighted by molar-refractivity contribution is -0.162. The number of nitrogens with one attached hydrogen (secondary N) is 2. The van der Waals surface area contributed by atoms with Crippen LogP contribution in [0.5, 0.6) is 11.5 Å². The van der Waals surface area contributed by atoms with Crippen LogP contribution in [0, 0.1) is 0 Å². The summed E-state index contributed by atoms with van der Waals surface area (Å²) in [7, 11) is 3.11. The number of thioether (sulfide) groups is 1. The van der Waals surface area contributed by atoms with Crippen molar-refractivity contribution < 1.29 is 61.9 Å². The molecular weight excluding hydrogens is 1270 g/mol. The third kappa shape index (κ3) is 16.0. The molecule has 0 spiro atoms. The zero-order valence-electron chi connectivity index (χ0n) is 51.9.